The fraction of sp³-hybridized carbons (Fsp3) is 0.600. The van der Waals surface area contributed by atoms with E-state index in [-0.39, 0.29) is 23.1 Å². The van der Waals surface area contributed by atoms with Crippen molar-refractivity contribution in [1.82, 2.24) is 0 Å². The molecule has 4 fully saturated rings. The summed E-state index contributed by atoms with van der Waals surface area (Å²) in [5.41, 5.74) is 0.439. The quantitative estimate of drug-likeness (QED) is 0.345. The van der Waals surface area contributed by atoms with Crippen molar-refractivity contribution in [3.05, 3.63) is 33.9 Å². The second-order valence-electron chi connectivity index (χ2n) is 8.77. The van der Waals surface area contributed by atoms with Crippen LogP contribution in [-0.2, 0) is 14.3 Å². The van der Waals surface area contributed by atoms with Gasteiger partial charge in [0.25, 0.3) is 11.6 Å². The summed E-state index contributed by atoms with van der Waals surface area (Å²) in [6.07, 6.45) is 5.33. The Morgan fingerprint density at radius 3 is 2.54 bits per heavy atom. The summed E-state index contributed by atoms with van der Waals surface area (Å²) >= 11 is 6.75. The van der Waals surface area contributed by atoms with E-state index in [1.807, 2.05) is 0 Å². The predicted molar refractivity (Wildman–Crippen MR) is 103 cm³/mol. The van der Waals surface area contributed by atoms with Gasteiger partial charge in [0.05, 0.1) is 10.3 Å². The van der Waals surface area contributed by atoms with Crippen LogP contribution in [0.5, 0.6) is 0 Å². The second-order valence-corrected chi connectivity index (χ2v) is 9.57. The van der Waals surface area contributed by atoms with Crippen LogP contribution in [0.1, 0.15) is 44.1 Å². The average molecular weight is 407 g/mol. The molecule has 150 valence electrons. The number of carbonyl (C=O) groups excluding carboxylic acids is 2. The molecule has 1 aromatic rings. The molecular formula is C20H23ClN2O5. The fourth-order valence-electron chi connectivity index (χ4n) is 5.76. The van der Waals surface area contributed by atoms with Crippen LogP contribution in [0, 0.1) is 34.3 Å². The van der Waals surface area contributed by atoms with E-state index >= 15 is 0 Å². The highest BCUT2D eigenvalue weighted by molar-refractivity contribution is 6.24. The minimum atomic E-state index is -0.546. The Morgan fingerprint density at radius 1 is 1.29 bits per heavy atom. The molecule has 1 N–H and O–H groups in total. The Morgan fingerprint density at radius 2 is 1.96 bits per heavy atom. The number of aryl methyl sites for hydroxylation is 1. The van der Waals surface area contributed by atoms with Crippen molar-refractivity contribution in [2.75, 3.05) is 11.9 Å². The first kappa shape index (κ1) is 19.2. The molecule has 5 rings (SSSR count). The molecule has 0 aromatic heterocycles. The van der Waals surface area contributed by atoms with Crippen LogP contribution in [0.15, 0.2) is 18.2 Å². The lowest BCUT2D eigenvalue weighted by atomic mass is 9.49. The highest BCUT2D eigenvalue weighted by atomic mass is 35.5. The van der Waals surface area contributed by atoms with Gasteiger partial charge < -0.3 is 10.1 Å². The van der Waals surface area contributed by atoms with Gasteiger partial charge in [-0.2, -0.15) is 0 Å². The van der Waals surface area contributed by atoms with Crippen LogP contribution in [0.3, 0.4) is 0 Å². The van der Waals surface area contributed by atoms with E-state index in [9.17, 15) is 19.7 Å². The zero-order valence-corrected chi connectivity index (χ0v) is 16.5. The van der Waals surface area contributed by atoms with Crippen molar-refractivity contribution in [2.45, 2.75) is 50.3 Å². The molecule has 28 heavy (non-hydrogen) atoms. The molecule has 0 heterocycles. The van der Waals surface area contributed by atoms with Crippen molar-refractivity contribution < 1.29 is 19.2 Å². The minimum Gasteiger partial charge on any atom is -0.455 e. The number of rotatable bonds is 5. The average Bonchev–Trinajstić information content (AvgIpc) is 2.59. The number of nitro benzene ring substituents is 1. The number of ether oxygens (including phenoxy) is 1. The first-order chi connectivity index (χ1) is 13.2. The van der Waals surface area contributed by atoms with E-state index in [4.69, 9.17) is 16.3 Å². The molecule has 4 aliphatic rings. The number of nitrogens with one attached hydrogen (secondary N) is 1. The van der Waals surface area contributed by atoms with Gasteiger partial charge in [-0.3, -0.25) is 19.7 Å². The molecule has 4 aliphatic carbocycles. The fourth-order valence-corrected chi connectivity index (χ4v) is 6.45. The topological polar surface area (TPSA) is 98.5 Å². The van der Waals surface area contributed by atoms with Gasteiger partial charge in [0.1, 0.15) is 0 Å². The van der Waals surface area contributed by atoms with Crippen LogP contribution in [0.2, 0.25) is 0 Å². The minimum absolute atomic E-state index is 0.0428. The zero-order valence-electron chi connectivity index (χ0n) is 15.7. The number of nitrogens with zero attached hydrogens (tertiary/aromatic N) is 1. The molecule has 4 saturated carbocycles. The van der Waals surface area contributed by atoms with Gasteiger partial charge >= 0.3 is 5.97 Å². The molecule has 2 unspecified atom stereocenters. The lowest BCUT2D eigenvalue weighted by Crippen LogP contribution is -2.56. The summed E-state index contributed by atoms with van der Waals surface area (Å²) in [6.45, 7) is 1.30. The summed E-state index contributed by atoms with van der Waals surface area (Å²) in [4.78, 5) is 35.1. The Balaban J connectivity index is 1.36. The summed E-state index contributed by atoms with van der Waals surface area (Å²) in [5.74, 6) is 0.170. The van der Waals surface area contributed by atoms with Crippen LogP contribution in [-0.4, -0.2) is 28.3 Å². The van der Waals surface area contributed by atoms with E-state index in [1.54, 1.807) is 6.92 Å². The van der Waals surface area contributed by atoms with E-state index in [1.165, 1.54) is 18.2 Å². The maximum absolute atomic E-state index is 12.8. The number of hydrogen-bond acceptors (Lipinski definition) is 5. The number of hydrogen-bond donors (Lipinski definition) is 1. The number of amides is 1. The van der Waals surface area contributed by atoms with Gasteiger partial charge in [-0.1, -0.05) is 0 Å². The van der Waals surface area contributed by atoms with Crippen LogP contribution in [0.25, 0.3) is 0 Å². The van der Waals surface area contributed by atoms with E-state index in [0.29, 0.717) is 29.5 Å². The number of anilines is 1. The van der Waals surface area contributed by atoms with Gasteiger partial charge in [-0.25, -0.2) is 0 Å². The highest BCUT2D eigenvalue weighted by Gasteiger charge is 2.60. The third-order valence-corrected chi connectivity index (χ3v) is 6.89. The first-order valence-corrected chi connectivity index (χ1v) is 9.97. The molecule has 1 aromatic carbocycles. The molecule has 0 spiro atoms. The lowest BCUT2D eigenvalue weighted by Gasteiger charge is -2.58. The van der Waals surface area contributed by atoms with Crippen molar-refractivity contribution in [3.8, 4) is 0 Å². The molecule has 1 amide bonds. The molecule has 0 aliphatic heterocycles. The number of alkyl halides is 1. The smallest absolute Gasteiger partial charge is 0.312 e. The number of nitro groups is 1. The predicted octanol–water partition coefficient (Wildman–Crippen LogP) is 3.96. The van der Waals surface area contributed by atoms with E-state index < -0.39 is 16.2 Å². The Kier molecular flexibility index (Phi) is 4.61. The third-order valence-electron chi connectivity index (χ3n) is 6.45. The van der Waals surface area contributed by atoms with E-state index in [0.717, 1.165) is 32.1 Å². The zero-order chi connectivity index (χ0) is 20.1. The van der Waals surface area contributed by atoms with Crippen molar-refractivity contribution >= 4 is 34.9 Å². The third kappa shape index (κ3) is 3.48. The molecule has 8 heteroatoms. The maximum atomic E-state index is 12.8. The number of esters is 1. The van der Waals surface area contributed by atoms with E-state index in [2.05, 4.69) is 5.32 Å². The number of halogens is 1. The normalized spacial score (nSPS) is 32.8. The molecule has 0 saturated heterocycles. The van der Waals surface area contributed by atoms with Crippen molar-refractivity contribution in [3.63, 3.8) is 0 Å². The monoisotopic (exact) mass is 406 g/mol. The van der Waals surface area contributed by atoms with Gasteiger partial charge in [0.15, 0.2) is 6.61 Å². The number of benzene rings is 1. The Labute approximate surface area is 167 Å². The molecule has 2 atom stereocenters. The van der Waals surface area contributed by atoms with Gasteiger partial charge in [-0.15, -0.1) is 11.6 Å². The van der Waals surface area contributed by atoms with Crippen molar-refractivity contribution in [2.24, 2.45) is 17.3 Å². The van der Waals surface area contributed by atoms with Crippen LogP contribution < -0.4 is 5.32 Å². The summed E-state index contributed by atoms with van der Waals surface area (Å²) in [5, 5.41) is 13.4. The molecular weight excluding hydrogens is 384 g/mol. The molecule has 7 nitrogen and oxygen atoms in total. The van der Waals surface area contributed by atoms with Gasteiger partial charge in [0.2, 0.25) is 0 Å². The summed E-state index contributed by atoms with van der Waals surface area (Å²) < 4.78 is 5.39. The lowest BCUT2D eigenvalue weighted by molar-refractivity contribution is -0.384. The van der Waals surface area contributed by atoms with Crippen LogP contribution >= 0.6 is 11.6 Å². The highest BCUT2D eigenvalue weighted by Crippen LogP contribution is 2.64. The number of non-ortho nitro benzene ring substituents is 1. The number of carbonyl (C=O) groups is 2. The van der Waals surface area contributed by atoms with Crippen molar-refractivity contribution in [1.29, 1.82) is 0 Å². The molecule has 0 radical (unpaired) electrons. The maximum Gasteiger partial charge on any atom is 0.312 e. The summed E-state index contributed by atoms with van der Waals surface area (Å²) in [6, 6.07) is 4.18. The molecule has 4 bridgehead atoms. The first-order valence-electron chi connectivity index (χ1n) is 9.59. The Hall–Kier alpha value is -2.15. The standard InChI is InChI=1S/C20H23ClN2O5/c1-12-4-15(23(26)27)2-3-16(12)22-17(24)10-28-18(25)19-6-13-5-14(7-19)9-20(21,8-13)11-19/h2-4,13-14H,5-11H2,1H3,(H,22,24). The second kappa shape index (κ2) is 6.72. The largest absolute Gasteiger partial charge is 0.455 e. The van der Waals surface area contributed by atoms with Crippen LogP contribution in [0.4, 0.5) is 11.4 Å². The van der Waals surface area contributed by atoms with Gasteiger partial charge in [0, 0.05) is 22.7 Å². The van der Waals surface area contributed by atoms with Gasteiger partial charge in [-0.05, 0) is 68.9 Å². The summed E-state index contributed by atoms with van der Waals surface area (Å²) in [7, 11) is 0. The Bertz CT molecular complexity index is 841. The SMILES string of the molecule is Cc1cc([N+](=O)[O-])ccc1NC(=O)COC(=O)C12CC3CC(CC(Cl)(C3)C1)C2.